The number of likely N-dealkylation sites (tertiary alicyclic amines) is 1. The summed E-state index contributed by atoms with van der Waals surface area (Å²) in [5, 5.41) is 0. The Morgan fingerprint density at radius 1 is 1.18 bits per heavy atom. The molecule has 0 N–H and O–H groups in total. The molecule has 0 aromatic heterocycles. The second-order valence-electron chi connectivity index (χ2n) is 11.3. The van der Waals surface area contributed by atoms with Gasteiger partial charge in [-0.15, -0.1) is 0 Å². The molecule has 1 aliphatic carbocycles. The minimum Gasteiger partial charge on any atom is -0.492 e. The van der Waals surface area contributed by atoms with Crippen molar-refractivity contribution in [2.24, 2.45) is 16.3 Å². The van der Waals surface area contributed by atoms with E-state index >= 15 is 0 Å². The largest absolute Gasteiger partial charge is 0.492 e. The van der Waals surface area contributed by atoms with Crippen LogP contribution in [0.1, 0.15) is 87.2 Å². The predicted molar refractivity (Wildman–Crippen MR) is 147 cm³/mol. The van der Waals surface area contributed by atoms with Crippen molar-refractivity contribution < 1.29 is 22.7 Å². The van der Waals surface area contributed by atoms with Crippen LogP contribution in [0.25, 0.3) is 11.3 Å². The Balaban J connectivity index is 1.35. The number of halogens is 3. The van der Waals surface area contributed by atoms with Gasteiger partial charge in [-0.3, -0.25) is 9.79 Å². The van der Waals surface area contributed by atoms with Crippen molar-refractivity contribution in [1.29, 1.82) is 0 Å². The Morgan fingerprint density at radius 2 is 1.89 bits per heavy atom. The van der Waals surface area contributed by atoms with Gasteiger partial charge in [0.1, 0.15) is 5.76 Å². The number of allylic oxidation sites excluding steroid dienone is 4. The lowest BCUT2D eigenvalue weighted by Crippen LogP contribution is -2.53. The normalized spacial score (nSPS) is 20.8. The van der Waals surface area contributed by atoms with Gasteiger partial charge < -0.3 is 9.64 Å². The molecule has 2 aliphatic heterocycles. The number of alkyl halides is 3. The molecular weight excluding hydrogens is 489 g/mol. The van der Waals surface area contributed by atoms with Gasteiger partial charge in [0, 0.05) is 17.7 Å². The summed E-state index contributed by atoms with van der Waals surface area (Å²) in [5.74, 6) is 1.09. The third-order valence-electron chi connectivity index (χ3n) is 8.37. The predicted octanol–water partition coefficient (Wildman–Crippen LogP) is 7.86. The van der Waals surface area contributed by atoms with Gasteiger partial charge in [0.05, 0.1) is 23.9 Å². The molecule has 1 aromatic carbocycles. The number of rotatable bonds is 8. The molecule has 7 heteroatoms. The van der Waals surface area contributed by atoms with Gasteiger partial charge in [-0.2, -0.15) is 13.2 Å². The molecule has 2 fully saturated rings. The Hall–Kier alpha value is -2.67. The van der Waals surface area contributed by atoms with Crippen LogP contribution in [0.3, 0.4) is 0 Å². The molecule has 38 heavy (non-hydrogen) atoms. The minimum atomic E-state index is -4.11. The maximum atomic E-state index is 13.6. The first-order valence-electron chi connectivity index (χ1n) is 13.7. The van der Waals surface area contributed by atoms with E-state index in [0.717, 1.165) is 59.4 Å². The van der Waals surface area contributed by atoms with Crippen LogP contribution in [0.15, 0.2) is 47.2 Å². The van der Waals surface area contributed by atoms with Gasteiger partial charge in [0.2, 0.25) is 0 Å². The highest BCUT2D eigenvalue weighted by atomic mass is 19.4. The first kappa shape index (κ1) is 28.3. The smallest absolute Gasteiger partial charge is 0.395 e. The standard InChI is InChI=1S/C31H39F3N2O2/c1-21(2)27-17-25(9-10-26(27)23(4)37)28-8-5-7-22(3)29(18-35-28)38-19-24-11-15-36(16-12-24)20-30(13-6-14-30)31(32,33)34/h8-10,17-18,24H,1,5-7,11-16,19-20H2,2-4H3. The van der Waals surface area contributed by atoms with E-state index in [2.05, 4.69) is 19.6 Å². The number of piperidine rings is 1. The first-order valence-corrected chi connectivity index (χ1v) is 13.7. The van der Waals surface area contributed by atoms with Gasteiger partial charge in [0.25, 0.3) is 0 Å². The summed E-state index contributed by atoms with van der Waals surface area (Å²) in [7, 11) is 0. The van der Waals surface area contributed by atoms with E-state index in [-0.39, 0.29) is 25.2 Å². The number of Topliss-reactive ketones (excluding diaryl/α,β-unsaturated/α-hetero) is 1. The van der Waals surface area contributed by atoms with Crippen molar-refractivity contribution in [1.82, 2.24) is 4.90 Å². The van der Waals surface area contributed by atoms with E-state index in [0.29, 0.717) is 37.6 Å². The topological polar surface area (TPSA) is 41.9 Å². The molecule has 0 radical (unpaired) electrons. The summed E-state index contributed by atoms with van der Waals surface area (Å²) in [6.07, 6.45) is 4.33. The van der Waals surface area contributed by atoms with E-state index in [1.807, 2.05) is 30.0 Å². The second kappa shape index (κ2) is 11.6. The zero-order chi connectivity index (χ0) is 27.5. The molecule has 0 amide bonds. The summed E-state index contributed by atoms with van der Waals surface area (Å²) in [6, 6.07) is 5.73. The monoisotopic (exact) mass is 528 g/mol. The van der Waals surface area contributed by atoms with Crippen LogP contribution in [-0.2, 0) is 4.74 Å². The Labute approximate surface area is 224 Å². The van der Waals surface area contributed by atoms with Crippen LogP contribution < -0.4 is 0 Å². The van der Waals surface area contributed by atoms with Crippen LogP contribution in [0.2, 0.25) is 0 Å². The van der Waals surface area contributed by atoms with Gasteiger partial charge in [0.15, 0.2) is 5.78 Å². The Kier molecular flexibility index (Phi) is 8.65. The average Bonchev–Trinajstić information content (AvgIpc) is 2.83. The number of benzene rings is 1. The maximum absolute atomic E-state index is 13.6. The fourth-order valence-electron chi connectivity index (χ4n) is 5.64. The fourth-order valence-corrected chi connectivity index (χ4v) is 5.64. The quantitative estimate of drug-likeness (QED) is 0.323. The summed E-state index contributed by atoms with van der Waals surface area (Å²) < 4.78 is 46.9. The Bertz CT molecular complexity index is 1150. The van der Waals surface area contributed by atoms with Crippen LogP contribution in [0.5, 0.6) is 0 Å². The highest BCUT2D eigenvalue weighted by Gasteiger charge is 2.58. The number of ether oxygens (including phenoxy) is 1. The highest BCUT2D eigenvalue weighted by molar-refractivity contribution is 5.99. The SMILES string of the molecule is C=C(C)c1cc(C2=CCCC(C)=C(OCC3CCN(CC4(C(F)(F)F)CCC4)CC3)C=N2)ccc1C(C)=O. The number of carbonyl (C=O) groups is 1. The lowest BCUT2D eigenvalue weighted by Gasteiger charge is -2.47. The summed E-state index contributed by atoms with van der Waals surface area (Å²) in [5.41, 5.74) is 3.73. The van der Waals surface area contributed by atoms with Gasteiger partial charge in [-0.25, -0.2) is 0 Å². The first-order chi connectivity index (χ1) is 18.0. The molecule has 4 nitrogen and oxygen atoms in total. The van der Waals surface area contributed by atoms with Crippen molar-refractivity contribution in [2.45, 2.75) is 71.9 Å². The second-order valence-corrected chi connectivity index (χ2v) is 11.3. The average molecular weight is 529 g/mol. The summed E-state index contributed by atoms with van der Waals surface area (Å²) in [4.78, 5) is 18.8. The number of hydrogen-bond acceptors (Lipinski definition) is 4. The molecule has 0 spiro atoms. The number of nitrogens with zero attached hydrogens (tertiary/aromatic N) is 2. The molecule has 0 bridgehead atoms. The molecular formula is C31H39F3N2O2. The van der Waals surface area contributed by atoms with Crippen molar-refractivity contribution in [3.8, 4) is 0 Å². The molecule has 2 heterocycles. The number of ketones is 1. The van der Waals surface area contributed by atoms with Crippen molar-refractivity contribution >= 4 is 23.3 Å². The molecule has 1 saturated heterocycles. The zero-order valence-corrected chi connectivity index (χ0v) is 22.8. The molecule has 0 atom stereocenters. The third-order valence-corrected chi connectivity index (χ3v) is 8.37. The van der Waals surface area contributed by atoms with Crippen molar-refractivity contribution in [3.05, 3.63) is 58.9 Å². The van der Waals surface area contributed by atoms with E-state index in [1.165, 1.54) is 0 Å². The van der Waals surface area contributed by atoms with Crippen LogP contribution >= 0.6 is 0 Å². The zero-order valence-electron chi connectivity index (χ0n) is 22.8. The van der Waals surface area contributed by atoms with Crippen molar-refractivity contribution in [3.63, 3.8) is 0 Å². The van der Waals surface area contributed by atoms with Gasteiger partial charge >= 0.3 is 6.18 Å². The lowest BCUT2D eigenvalue weighted by atomic mass is 9.67. The van der Waals surface area contributed by atoms with Crippen LogP contribution in [-0.4, -0.2) is 49.3 Å². The van der Waals surface area contributed by atoms with E-state index in [4.69, 9.17) is 9.73 Å². The van der Waals surface area contributed by atoms with Gasteiger partial charge in [-0.05, 0) is 95.5 Å². The molecule has 1 aromatic rings. The Morgan fingerprint density at radius 3 is 2.47 bits per heavy atom. The number of hydrogen-bond donors (Lipinski definition) is 0. The molecule has 206 valence electrons. The lowest BCUT2D eigenvalue weighted by molar-refractivity contribution is -0.256. The van der Waals surface area contributed by atoms with E-state index < -0.39 is 11.6 Å². The number of aliphatic imine (C=N–C) groups is 1. The third kappa shape index (κ3) is 6.31. The minimum absolute atomic E-state index is 0.00710. The van der Waals surface area contributed by atoms with Gasteiger partial charge in [-0.1, -0.05) is 36.8 Å². The maximum Gasteiger partial charge on any atom is 0.395 e. The molecule has 4 rings (SSSR count). The molecule has 3 aliphatic rings. The highest BCUT2D eigenvalue weighted by Crippen LogP contribution is 2.53. The summed E-state index contributed by atoms with van der Waals surface area (Å²) >= 11 is 0. The van der Waals surface area contributed by atoms with Crippen molar-refractivity contribution in [2.75, 3.05) is 26.2 Å². The van der Waals surface area contributed by atoms with Crippen LogP contribution in [0.4, 0.5) is 13.2 Å². The fraction of sp³-hybridized carbons (Fsp3) is 0.548. The summed E-state index contributed by atoms with van der Waals surface area (Å²) in [6.45, 7) is 11.6. The number of carbonyl (C=O) groups excluding carboxylic acids is 1. The van der Waals surface area contributed by atoms with E-state index in [1.54, 1.807) is 13.1 Å². The molecule has 1 saturated carbocycles. The molecule has 0 unspecified atom stereocenters. The van der Waals surface area contributed by atoms with Crippen LogP contribution in [0, 0.1) is 11.3 Å². The van der Waals surface area contributed by atoms with E-state index in [9.17, 15) is 18.0 Å².